The molecule has 2 unspecified atom stereocenters. The first-order valence-corrected chi connectivity index (χ1v) is 8.61. The van der Waals surface area contributed by atoms with Gasteiger partial charge in [0.2, 0.25) is 5.78 Å². The van der Waals surface area contributed by atoms with Crippen molar-refractivity contribution in [1.82, 2.24) is 4.90 Å². The molecule has 0 fully saturated rings. The van der Waals surface area contributed by atoms with E-state index in [4.69, 9.17) is 4.74 Å². The highest BCUT2D eigenvalue weighted by Crippen LogP contribution is 2.34. The van der Waals surface area contributed by atoms with Crippen molar-refractivity contribution in [3.63, 3.8) is 0 Å². The Hall–Kier alpha value is -2.20. The van der Waals surface area contributed by atoms with Crippen molar-refractivity contribution in [3.05, 3.63) is 60.2 Å². The van der Waals surface area contributed by atoms with Crippen molar-refractivity contribution in [2.24, 2.45) is 5.92 Å². The van der Waals surface area contributed by atoms with E-state index in [1.807, 2.05) is 56.3 Å². The van der Waals surface area contributed by atoms with Crippen LogP contribution in [0.4, 0.5) is 0 Å². The molecule has 0 radical (unpaired) electrons. The zero-order valence-electron chi connectivity index (χ0n) is 15.7. The monoisotopic (exact) mass is 341 g/mol. The van der Waals surface area contributed by atoms with Crippen LogP contribution in [-0.4, -0.2) is 41.9 Å². The number of carbonyl (C=O) groups is 2. The molecule has 4 heteroatoms. The van der Waals surface area contributed by atoms with Crippen LogP contribution in [0.1, 0.15) is 37.6 Å². The van der Waals surface area contributed by atoms with Gasteiger partial charge < -0.3 is 4.74 Å². The number of esters is 1. The van der Waals surface area contributed by atoms with Crippen LogP contribution < -0.4 is 0 Å². The zero-order chi connectivity index (χ0) is 18.7. The highest BCUT2D eigenvalue weighted by Gasteiger charge is 2.44. The smallest absolute Gasteiger partial charge is 0.316 e. The van der Waals surface area contributed by atoms with Gasteiger partial charge in [-0.3, -0.25) is 14.5 Å². The highest BCUT2D eigenvalue weighted by atomic mass is 16.6. The minimum atomic E-state index is -1.22. The minimum Gasteiger partial charge on any atom is -0.451 e. The Balaban J connectivity index is 2.24. The summed E-state index contributed by atoms with van der Waals surface area (Å²) in [5.41, 5.74) is -1.13. The summed E-state index contributed by atoms with van der Waals surface area (Å²) >= 11 is 0. The van der Waals surface area contributed by atoms with E-state index >= 15 is 0 Å². The van der Waals surface area contributed by atoms with Gasteiger partial charge >= 0.3 is 5.97 Å². The number of benzene rings is 1. The fourth-order valence-corrected chi connectivity index (χ4v) is 3.33. The summed E-state index contributed by atoms with van der Waals surface area (Å²) < 4.78 is 5.70. The molecule has 1 aromatic rings. The van der Waals surface area contributed by atoms with E-state index in [0.717, 1.165) is 6.42 Å². The minimum absolute atomic E-state index is 0.205. The lowest BCUT2D eigenvalue weighted by Crippen LogP contribution is -2.53. The normalized spacial score (nSPS) is 22.9. The van der Waals surface area contributed by atoms with Crippen molar-refractivity contribution >= 4 is 11.8 Å². The Labute approximate surface area is 150 Å². The number of hydrogen-bond donors (Lipinski definition) is 0. The maximum atomic E-state index is 12.9. The molecule has 1 aliphatic carbocycles. The van der Waals surface area contributed by atoms with Crippen molar-refractivity contribution in [2.45, 2.75) is 38.3 Å². The molecule has 0 spiro atoms. The molecule has 2 rings (SSSR count). The molecule has 1 aliphatic rings. The van der Waals surface area contributed by atoms with Crippen LogP contribution in [0.3, 0.4) is 0 Å². The number of rotatable bonds is 6. The van der Waals surface area contributed by atoms with Gasteiger partial charge in [-0.05, 0) is 34.4 Å². The van der Waals surface area contributed by atoms with Gasteiger partial charge in [0.15, 0.2) is 5.60 Å². The van der Waals surface area contributed by atoms with E-state index < -0.39 is 17.1 Å². The average molecular weight is 341 g/mol. The fraction of sp³-hybridized carbons (Fsp3) is 0.429. The Bertz CT molecular complexity index is 688. The molecule has 0 aliphatic heterocycles. The Kier molecular flexibility index (Phi) is 5.63. The number of Topliss-reactive ketones (excluding diaryl/α,β-unsaturated/α-hetero) is 1. The van der Waals surface area contributed by atoms with Crippen molar-refractivity contribution < 1.29 is 14.3 Å². The van der Waals surface area contributed by atoms with E-state index in [2.05, 4.69) is 0 Å². The van der Waals surface area contributed by atoms with Gasteiger partial charge in [-0.2, -0.15) is 0 Å². The first-order chi connectivity index (χ1) is 11.7. The van der Waals surface area contributed by atoms with E-state index in [9.17, 15) is 9.59 Å². The molecular weight excluding hydrogens is 314 g/mol. The molecule has 0 N–H and O–H groups in total. The van der Waals surface area contributed by atoms with Crippen molar-refractivity contribution in [2.75, 3.05) is 14.1 Å². The second kappa shape index (κ2) is 7.36. The predicted octanol–water partition coefficient (Wildman–Crippen LogP) is 3.64. The summed E-state index contributed by atoms with van der Waals surface area (Å²) in [5.74, 6) is -1.05. The molecule has 0 saturated carbocycles. The quantitative estimate of drug-likeness (QED) is 0.585. The van der Waals surface area contributed by atoms with Crippen LogP contribution in [0.2, 0.25) is 0 Å². The number of nitrogens with zero attached hydrogens (tertiary/aromatic N) is 1. The van der Waals surface area contributed by atoms with E-state index in [1.165, 1.54) is 0 Å². The van der Waals surface area contributed by atoms with Gasteiger partial charge in [-0.1, -0.05) is 61.6 Å². The van der Waals surface area contributed by atoms with Gasteiger partial charge in [0, 0.05) is 5.56 Å². The second-order valence-corrected chi connectivity index (χ2v) is 7.09. The molecule has 0 aromatic heterocycles. The van der Waals surface area contributed by atoms with Crippen LogP contribution in [-0.2, 0) is 9.53 Å². The summed E-state index contributed by atoms with van der Waals surface area (Å²) in [7, 11) is 3.90. The van der Waals surface area contributed by atoms with Crippen LogP contribution in [0.15, 0.2) is 54.6 Å². The highest BCUT2D eigenvalue weighted by molar-refractivity contribution is 6.03. The molecule has 25 heavy (non-hydrogen) atoms. The number of ketones is 1. The average Bonchev–Trinajstić information content (AvgIpc) is 2.61. The van der Waals surface area contributed by atoms with Gasteiger partial charge in [0.05, 0.1) is 11.5 Å². The molecule has 0 saturated heterocycles. The largest absolute Gasteiger partial charge is 0.451 e. The lowest BCUT2D eigenvalue weighted by atomic mass is 9.77. The molecule has 4 nitrogen and oxygen atoms in total. The van der Waals surface area contributed by atoms with E-state index in [-0.39, 0.29) is 11.8 Å². The predicted molar refractivity (Wildman–Crippen MR) is 99.4 cm³/mol. The third-order valence-electron chi connectivity index (χ3n) is 4.93. The molecule has 0 heterocycles. The van der Waals surface area contributed by atoms with Gasteiger partial charge in [0.25, 0.3) is 0 Å². The fourth-order valence-electron chi connectivity index (χ4n) is 3.33. The molecule has 1 aromatic carbocycles. The second-order valence-electron chi connectivity index (χ2n) is 7.09. The van der Waals surface area contributed by atoms with Crippen LogP contribution in [0.5, 0.6) is 0 Å². The van der Waals surface area contributed by atoms with Crippen molar-refractivity contribution in [3.8, 4) is 0 Å². The maximum absolute atomic E-state index is 12.9. The van der Waals surface area contributed by atoms with Crippen LogP contribution in [0.25, 0.3) is 0 Å². The summed E-state index contributed by atoms with van der Waals surface area (Å²) in [5, 5.41) is 0. The molecule has 0 bridgehead atoms. The molecule has 134 valence electrons. The van der Waals surface area contributed by atoms with Gasteiger partial charge in [0.1, 0.15) is 0 Å². The van der Waals surface area contributed by atoms with Gasteiger partial charge in [-0.25, -0.2) is 0 Å². The number of likely N-dealkylation sites (N-methyl/N-ethyl adjacent to an activating group) is 1. The zero-order valence-corrected chi connectivity index (χ0v) is 15.7. The van der Waals surface area contributed by atoms with E-state index in [1.54, 1.807) is 38.1 Å². The summed E-state index contributed by atoms with van der Waals surface area (Å²) in [4.78, 5) is 27.7. The summed E-state index contributed by atoms with van der Waals surface area (Å²) in [6.45, 7) is 5.34. The number of ether oxygens (including phenoxy) is 1. The molecular formula is C21H27NO3. The number of carbonyl (C=O) groups excluding carboxylic acids is 2. The Morgan fingerprint density at radius 2 is 1.80 bits per heavy atom. The van der Waals surface area contributed by atoms with Gasteiger partial charge in [-0.15, -0.1) is 0 Å². The Morgan fingerprint density at radius 3 is 2.36 bits per heavy atom. The topological polar surface area (TPSA) is 46.6 Å². The standard InChI is InChI=1S/C21H27NO3/c1-6-21(22(4)5)15-11-10-14-17(21)19(24)25-20(2,3)18(23)16-12-8-7-9-13-16/h7-15,17H,6H2,1-5H3. The summed E-state index contributed by atoms with van der Waals surface area (Å²) in [6.07, 6.45) is 8.45. The number of hydrogen-bond acceptors (Lipinski definition) is 4. The van der Waals surface area contributed by atoms with E-state index in [0.29, 0.717) is 5.56 Å². The molecule has 2 atom stereocenters. The maximum Gasteiger partial charge on any atom is 0.316 e. The third kappa shape index (κ3) is 3.74. The lowest BCUT2D eigenvalue weighted by molar-refractivity contribution is -0.159. The first-order valence-electron chi connectivity index (χ1n) is 8.61. The summed E-state index contributed by atoms with van der Waals surface area (Å²) in [6, 6.07) is 8.91. The first kappa shape index (κ1) is 19.1. The lowest BCUT2D eigenvalue weighted by Gasteiger charge is -2.43. The van der Waals surface area contributed by atoms with Crippen LogP contribution in [0, 0.1) is 5.92 Å². The SMILES string of the molecule is CCC1(N(C)C)C=CC=CC1C(=O)OC(C)(C)C(=O)c1ccccc1. The molecule has 0 amide bonds. The number of allylic oxidation sites excluding steroid dienone is 2. The third-order valence-corrected chi connectivity index (χ3v) is 4.93. The van der Waals surface area contributed by atoms with Crippen LogP contribution >= 0.6 is 0 Å². The Morgan fingerprint density at radius 1 is 1.16 bits per heavy atom. The van der Waals surface area contributed by atoms with Crippen molar-refractivity contribution in [1.29, 1.82) is 0 Å².